The highest BCUT2D eigenvalue weighted by Crippen LogP contribution is 1.95. The molecule has 1 unspecified atom stereocenters. The first-order valence-electron chi connectivity index (χ1n) is 4.42. The molecule has 0 bridgehead atoms. The fourth-order valence-corrected chi connectivity index (χ4v) is 1.04. The summed E-state index contributed by atoms with van der Waals surface area (Å²) in [6.45, 7) is 3.74. The molecule has 4 nitrogen and oxygen atoms in total. The molecular formula is C9H17N3O. The largest absolute Gasteiger partial charge is 0.380 e. The van der Waals surface area contributed by atoms with Gasteiger partial charge in [-0.05, 0) is 6.92 Å². The molecule has 0 spiro atoms. The SMILES string of the molecule is COC(C)CNCc1cncn1C. The molecule has 0 amide bonds. The summed E-state index contributed by atoms with van der Waals surface area (Å²) in [5, 5.41) is 3.29. The molecule has 0 aliphatic carbocycles. The minimum absolute atomic E-state index is 0.258. The van der Waals surface area contributed by atoms with Crippen molar-refractivity contribution in [1.82, 2.24) is 14.9 Å². The van der Waals surface area contributed by atoms with Gasteiger partial charge in [0.1, 0.15) is 0 Å². The molecule has 0 aliphatic heterocycles. The number of imidazole rings is 1. The number of aryl methyl sites for hydroxylation is 1. The molecule has 4 heteroatoms. The Bertz CT molecular complexity index is 247. The lowest BCUT2D eigenvalue weighted by atomic mass is 10.4. The zero-order valence-corrected chi connectivity index (χ0v) is 8.45. The predicted octanol–water partition coefficient (Wildman–Crippen LogP) is 0.545. The van der Waals surface area contributed by atoms with Crippen LogP contribution in [-0.4, -0.2) is 29.3 Å². The summed E-state index contributed by atoms with van der Waals surface area (Å²) in [4.78, 5) is 4.03. The normalized spacial score (nSPS) is 13.2. The van der Waals surface area contributed by atoms with Crippen LogP contribution in [0.3, 0.4) is 0 Å². The highest BCUT2D eigenvalue weighted by molar-refractivity contribution is 4.96. The monoisotopic (exact) mass is 183 g/mol. The molecule has 1 aromatic rings. The first kappa shape index (κ1) is 10.2. The standard InChI is InChI=1S/C9H17N3O/c1-8(13-3)4-10-5-9-6-11-7-12(9)2/h6-8,10H,4-5H2,1-3H3. The summed E-state index contributed by atoms with van der Waals surface area (Å²) in [6.07, 6.45) is 3.93. The smallest absolute Gasteiger partial charge is 0.0945 e. The number of hydrogen-bond donors (Lipinski definition) is 1. The van der Waals surface area contributed by atoms with Gasteiger partial charge in [0.05, 0.1) is 18.1 Å². The van der Waals surface area contributed by atoms with Crippen LogP contribution in [0.15, 0.2) is 12.5 Å². The maximum absolute atomic E-state index is 5.11. The van der Waals surface area contributed by atoms with Gasteiger partial charge in [0.15, 0.2) is 0 Å². The van der Waals surface area contributed by atoms with E-state index in [1.54, 1.807) is 13.4 Å². The van der Waals surface area contributed by atoms with Crippen LogP contribution in [-0.2, 0) is 18.3 Å². The van der Waals surface area contributed by atoms with Crippen molar-refractivity contribution in [2.24, 2.45) is 7.05 Å². The van der Waals surface area contributed by atoms with Crippen molar-refractivity contribution in [3.05, 3.63) is 18.2 Å². The lowest BCUT2D eigenvalue weighted by molar-refractivity contribution is 0.117. The Morgan fingerprint density at radius 2 is 2.46 bits per heavy atom. The van der Waals surface area contributed by atoms with Crippen LogP contribution in [0.4, 0.5) is 0 Å². The molecule has 0 saturated carbocycles. The van der Waals surface area contributed by atoms with E-state index in [0.717, 1.165) is 13.1 Å². The Kier molecular flexibility index (Phi) is 3.92. The van der Waals surface area contributed by atoms with Gasteiger partial charge >= 0.3 is 0 Å². The van der Waals surface area contributed by atoms with Gasteiger partial charge in [0.25, 0.3) is 0 Å². The third-order valence-electron chi connectivity index (χ3n) is 2.06. The minimum Gasteiger partial charge on any atom is -0.380 e. The zero-order valence-electron chi connectivity index (χ0n) is 8.45. The number of nitrogens with one attached hydrogen (secondary N) is 1. The van der Waals surface area contributed by atoms with Crippen LogP contribution in [0.2, 0.25) is 0 Å². The van der Waals surface area contributed by atoms with Gasteiger partial charge in [-0.15, -0.1) is 0 Å². The Labute approximate surface area is 78.9 Å². The van der Waals surface area contributed by atoms with Crippen molar-refractivity contribution in [2.45, 2.75) is 19.6 Å². The van der Waals surface area contributed by atoms with E-state index < -0.39 is 0 Å². The van der Waals surface area contributed by atoms with Gasteiger partial charge < -0.3 is 14.6 Å². The maximum atomic E-state index is 5.11. The topological polar surface area (TPSA) is 39.1 Å². The van der Waals surface area contributed by atoms with E-state index in [9.17, 15) is 0 Å². The number of ether oxygens (including phenoxy) is 1. The molecule has 0 aliphatic rings. The lowest BCUT2D eigenvalue weighted by Gasteiger charge is -2.10. The first-order valence-corrected chi connectivity index (χ1v) is 4.42. The quantitative estimate of drug-likeness (QED) is 0.724. The zero-order chi connectivity index (χ0) is 9.68. The van der Waals surface area contributed by atoms with Gasteiger partial charge in [-0.2, -0.15) is 0 Å². The van der Waals surface area contributed by atoms with Crippen molar-refractivity contribution >= 4 is 0 Å². The summed E-state index contributed by atoms with van der Waals surface area (Å²) in [6, 6.07) is 0. The fraction of sp³-hybridized carbons (Fsp3) is 0.667. The third-order valence-corrected chi connectivity index (χ3v) is 2.06. The number of hydrogen-bond acceptors (Lipinski definition) is 3. The summed E-state index contributed by atoms with van der Waals surface area (Å²) < 4.78 is 7.12. The van der Waals surface area contributed by atoms with Gasteiger partial charge in [0.2, 0.25) is 0 Å². The van der Waals surface area contributed by atoms with E-state index >= 15 is 0 Å². The van der Waals surface area contributed by atoms with Crippen LogP contribution in [0.5, 0.6) is 0 Å². The van der Waals surface area contributed by atoms with Crippen LogP contribution < -0.4 is 5.32 Å². The van der Waals surface area contributed by atoms with Crippen LogP contribution >= 0.6 is 0 Å². The summed E-state index contributed by atoms with van der Waals surface area (Å²) >= 11 is 0. The minimum atomic E-state index is 0.258. The molecule has 1 rings (SSSR count). The summed E-state index contributed by atoms with van der Waals surface area (Å²) in [5.41, 5.74) is 1.18. The highest BCUT2D eigenvalue weighted by atomic mass is 16.5. The molecule has 1 heterocycles. The lowest BCUT2D eigenvalue weighted by Crippen LogP contribution is -2.26. The average molecular weight is 183 g/mol. The Hall–Kier alpha value is -0.870. The van der Waals surface area contributed by atoms with Crippen LogP contribution in [0.1, 0.15) is 12.6 Å². The third kappa shape index (κ3) is 3.16. The van der Waals surface area contributed by atoms with E-state index in [4.69, 9.17) is 4.74 Å². The molecule has 13 heavy (non-hydrogen) atoms. The van der Waals surface area contributed by atoms with Gasteiger partial charge in [-0.3, -0.25) is 0 Å². The fourth-order valence-electron chi connectivity index (χ4n) is 1.04. The molecule has 1 atom stereocenters. The molecule has 0 fully saturated rings. The van der Waals surface area contributed by atoms with E-state index in [1.165, 1.54) is 5.69 Å². The second kappa shape index (κ2) is 4.99. The Morgan fingerprint density at radius 1 is 1.69 bits per heavy atom. The Balaban J connectivity index is 2.24. The summed E-state index contributed by atoms with van der Waals surface area (Å²) in [5.74, 6) is 0. The van der Waals surface area contributed by atoms with Crippen LogP contribution in [0, 0.1) is 0 Å². The van der Waals surface area contributed by atoms with E-state index in [1.807, 2.05) is 24.7 Å². The van der Waals surface area contributed by atoms with Gasteiger partial charge in [-0.1, -0.05) is 0 Å². The molecule has 1 N–H and O–H groups in total. The number of aromatic nitrogens is 2. The van der Waals surface area contributed by atoms with Crippen molar-refractivity contribution < 1.29 is 4.74 Å². The molecule has 0 aromatic carbocycles. The van der Waals surface area contributed by atoms with Gasteiger partial charge in [0, 0.05) is 33.4 Å². The first-order chi connectivity index (χ1) is 6.24. The van der Waals surface area contributed by atoms with E-state index in [-0.39, 0.29) is 6.10 Å². The van der Waals surface area contributed by atoms with Crippen molar-refractivity contribution in [2.75, 3.05) is 13.7 Å². The number of nitrogens with zero attached hydrogens (tertiary/aromatic N) is 2. The number of methoxy groups -OCH3 is 1. The average Bonchev–Trinajstić information content (AvgIpc) is 2.52. The molecule has 0 saturated heterocycles. The second-order valence-electron chi connectivity index (χ2n) is 3.17. The molecular weight excluding hydrogens is 166 g/mol. The van der Waals surface area contributed by atoms with Gasteiger partial charge in [-0.25, -0.2) is 4.98 Å². The molecule has 0 radical (unpaired) electrons. The maximum Gasteiger partial charge on any atom is 0.0945 e. The predicted molar refractivity (Wildman–Crippen MR) is 51.4 cm³/mol. The van der Waals surface area contributed by atoms with E-state index in [0.29, 0.717) is 0 Å². The molecule has 74 valence electrons. The van der Waals surface area contributed by atoms with E-state index in [2.05, 4.69) is 10.3 Å². The van der Waals surface area contributed by atoms with Crippen molar-refractivity contribution in [1.29, 1.82) is 0 Å². The van der Waals surface area contributed by atoms with Crippen molar-refractivity contribution in [3.8, 4) is 0 Å². The second-order valence-corrected chi connectivity index (χ2v) is 3.17. The summed E-state index contributed by atoms with van der Waals surface area (Å²) in [7, 11) is 3.71. The molecule has 1 aromatic heterocycles. The number of rotatable bonds is 5. The van der Waals surface area contributed by atoms with Crippen molar-refractivity contribution in [3.63, 3.8) is 0 Å². The highest BCUT2D eigenvalue weighted by Gasteiger charge is 2.00. The van der Waals surface area contributed by atoms with Crippen LogP contribution in [0.25, 0.3) is 0 Å². The Morgan fingerprint density at radius 3 is 3.00 bits per heavy atom.